The number of urea groups is 1. The molecule has 0 aromatic rings. The van der Waals surface area contributed by atoms with Crippen molar-refractivity contribution >= 4 is 6.03 Å². The molecule has 2 fully saturated rings. The second-order valence-corrected chi connectivity index (χ2v) is 7.79. The lowest BCUT2D eigenvalue weighted by molar-refractivity contribution is 0.158. The summed E-state index contributed by atoms with van der Waals surface area (Å²) in [5.41, 5.74) is 0. The van der Waals surface area contributed by atoms with Crippen molar-refractivity contribution in [2.24, 2.45) is 5.92 Å². The zero-order valence-corrected chi connectivity index (χ0v) is 15.9. The van der Waals surface area contributed by atoms with E-state index in [0.29, 0.717) is 0 Å². The van der Waals surface area contributed by atoms with Gasteiger partial charge < -0.3 is 20.4 Å². The molecule has 0 radical (unpaired) electrons. The molecule has 2 rings (SSSR count). The number of nitrogens with one attached hydrogen (secondary N) is 2. The monoisotopic (exact) mass is 338 g/mol. The molecule has 5 nitrogen and oxygen atoms in total. The molecule has 0 aliphatic carbocycles. The third-order valence-electron chi connectivity index (χ3n) is 5.69. The maximum absolute atomic E-state index is 11.8. The molecular formula is C19H38N4O. The Bertz CT molecular complexity index is 355. The summed E-state index contributed by atoms with van der Waals surface area (Å²) >= 11 is 0. The van der Waals surface area contributed by atoms with Gasteiger partial charge in [-0.05, 0) is 77.5 Å². The predicted molar refractivity (Wildman–Crippen MR) is 100 cm³/mol. The van der Waals surface area contributed by atoms with Crippen molar-refractivity contribution in [3.63, 3.8) is 0 Å². The Morgan fingerprint density at radius 2 is 1.67 bits per heavy atom. The molecule has 0 bridgehead atoms. The third-order valence-corrected chi connectivity index (χ3v) is 5.69. The van der Waals surface area contributed by atoms with E-state index < -0.39 is 0 Å². The van der Waals surface area contributed by atoms with Gasteiger partial charge in [0.1, 0.15) is 0 Å². The number of hydrogen-bond donors (Lipinski definition) is 2. The van der Waals surface area contributed by atoms with Crippen LogP contribution in [0.4, 0.5) is 4.79 Å². The first-order chi connectivity index (χ1) is 11.6. The Morgan fingerprint density at radius 1 is 0.917 bits per heavy atom. The summed E-state index contributed by atoms with van der Waals surface area (Å²) in [4.78, 5) is 16.9. The average Bonchev–Trinajstić information content (AvgIpc) is 2.58. The molecule has 0 aromatic heterocycles. The number of nitrogens with zero attached hydrogens (tertiary/aromatic N) is 2. The average molecular weight is 339 g/mol. The summed E-state index contributed by atoms with van der Waals surface area (Å²) < 4.78 is 0. The van der Waals surface area contributed by atoms with E-state index in [1.54, 1.807) is 0 Å². The van der Waals surface area contributed by atoms with Gasteiger partial charge in [0.15, 0.2) is 0 Å². The molecule has 140 valence electrons. The Morgan fingerprint density at radius 3 is 2.42 bits per heavy atom. The minimum atomic E-state index is -0.00767. The summed E-state index contributed by atoms with van der Waals surface area (Å²) in [6, 6.07) is 0.736. The van der Waals surface area contributed by atoms with Gasteiger partial charge in [-0.3, -0.25) is 0 Å². The Hall–Kier alpha value is -0.810. The van der Waals surface area contributed by atoms with Gasteiger partial charge >= 0.3 is 6.03 Å². The number of rotatable bonds is 8. The highest BCUT2D eigenvalue weighted by molar-refractivity contribution is 5.73. The van der Waals surface area contributed by atoms with Crippen LogP contribution in [0.5, 0.6) is 0 Å². The van der Waals surface area contributed by atoms with Crippen molar-refractivity contribution in [1.82, 2.24) is 20.4 Å². The standard InChI is InChI=1S/C19H38N4O/c1-17-8-14-22(15-9-17)16-11-21-19(24)20-10-4-6-13-23-12-5-3-7-18(23)2/h17-18H,3-16H2,1-2H3,(H2,20,21,24). The maximum Gasteiger partial charge on any atom is 0.314 e. The lowest BCUT2D eigenvalue weighted by atomic mass is 9.99. The van der Waals surface area contributed by atoms with Crippen LogP contribution in [0.15, 0.2) is 0 Å². The second kappa shape index (κ2) is 10.9. The molecule has 2 amide bonds. The minimum absolute atomic E-state index is 0.00767. The van der Waals surface area contributed by atoms with Gasteiger partial charge in [0.2, 0.25) is 0 Å². The van der Waals surface area contributed by atoms with Crippen LogP contribution in [-0.4, -0.2) is 67.7 Å². The van der Waals surface area contributed by atoms with E-state index >= 15 is 0 Å². The lowest BCUT2D eigenvalue weighted by Gasteiger charge is -2.33. The Kier molecular flexibility index (Phi) is 8.89. The molecular weight excluding hydrogens is 300 g/mol. The molecule has 0 saturated carbocycles. The van der Waals surface area contributed by atoms with Crippen LogP contribution in [-0.2, 0) is 0 Å². The molecule has 2 aliphatic heterocycles. The van der Waals surface area contributed by atoms with Crippen LogP contribution in [0.1, 0.15) is 58.8 Å². The van der Waals surface area contributed by atoms with Crippen LogP contribution in [0, 0.1) is 5.92 Å². The van der Waals surface area contributed by atoms with E-state index in [9.17, 15) is 4.79 Å². The van der Waals surface area contributed by atoms with Crippen LogP contribution in [0.25, 0.3) is 0 Å². The van der Waals surface area contributed by atoms with Gasteiger partial charge in [0, 0.05) is 25.7 Å². The van der Waals surface area contributed by atoms with Crippen LogP contribution < -0.4 is 10.6 Å². The lowest BCUT2D eigenvalue weighted by Crippen LogP contribution is -2.42. The van der Waals surface area contributed by atoms with Crippen LogP contribution >= 0.6 is 0 Å². The maximum atomic E-state index is 11.8. The zero-order valence-electron chi connectivity index (χ0n) is 15.9. The highest BCUT2D eigenvalue weighted by atomic mass is 16.2. The molecule has 5 heteroatoms. The Balaban J connectivity index is 1.42. The molecule has 0 spiro atoms. The first kappa shape index (κ1) is 19.5. The van der Waals surface area contributed by atoms with E-state index in [2.05, 4.69) is 34.3 Å². The highest BCUT2D eigenvalue weighted by Gasteiger charge is 2.17. The van der Waals surface area contributed by atoms with Crippen molar-refractivity contribution in [3.8, 4) is 0 Å². The van der Waals surface area contributed by atoms with Gasteiger partial charge in [0.05, 0.1) is 0 Å². The van der Waals surface area contributed by atoms with Crippen molar-refractivity contribution in [3.05, 3.63) is 0 Å². The van der Waals surface area contributed by atoms with Gasteiger partial charge in [-0.15, -0.1) is 0 Å². The van der Waals surface area contributed by atoms with E-state index in [0.717, 1.165) is 38.0 Å². The van der Waals surface area contributed by atoms with Gasteiger partial charge in [-0.2, -0.15) is 0 Å². The molecule has 24 heavy (non-hydrogen) atoms. The number of carbonyl (C=O) groups is 1. The molecule has 2 aliphatic rings. The van der Waals surface area contributed by atoms with Crippen molar-refractivity contribution in [1.29, 1.82) is 0 Å². The fraction of sp³-hybridized carbons (Fsp3) is 0.947. The summed E-state index contributed by atoms with van der Waals surface area (Å²) in [7, 11) is 0. The SMILES string of the molecule is CC1CCN(CCNC(=O)NCCCCN2CCCCC2C)CC1. The number of piperidine rings is 2. The fourth-order valence-corrected chi connectivity index (χ4v) is 3.81. The van der Waals surface area contributed by atoms with Crippen LogP contribution in [0.3, 0.4) is 0 Å². The summed E-state index contributed by atoms with van der Waals surface area (Å²) in [6.45, 7) is 12.0. The molecule has 2 heterocycles. The first-order valence-electron chi connectivity index (χ1n) is 10.1. The summed E-state index contributed by atoms with van der Waals surface area (Å²) in [5.74, 6) is 0.866. The van der Waals surface area contributed by atoms with Gasteiger partial charge in [-0.1, -0.05) is 13.3 Å². The molecule has 0 aromatic carbocycles. The number of carbonyl (C=O) groups excluding carboxylic acids is 1. The van der Waals surface area contributed by atoms with Crippen molar-refractivity contribution in [2.45, 2.75) is 64.8 Å². The number of amides is 2. The third kappa shape index (κ3) is 7.39. The topological polar surface area (TPSA) is 47.6 Å². The highest BCUT2D eigenvalue weighted by Crippen LogP contribution is 2.16. The Labute approximate surface area is 148 Å². The normalized spacial score (nSPS) is 24.0. The fourth-order valence-electron chi connectivity index (χ4n) is 3.81. The molecule has 1 atom stereocenters. The van der Waals surface area contributed by atoms with E-state index in [-0.39, 0.29) is 6.03 Å². The van der Waals surface area contributed by atoms with E-state index in [1.807, 2.05) is 0 Å². The summed E-state index contributed by atoms with van der Waals surface area (Å²) in [5, 5.41) is 5.98. The smallest absolute Gasteiger partial charge is 0.314 e. The van der Waals surface area contributed by atoms with E-state index in [1.165, 1.54) is 64.7 Å². The summed E-state index contributed by atoms with van der Waals surface area (Å²) in [6.07, 6.45) is 8.91. The number of likely N-dealkylation sites (tertiary alicyclic amines) is 2. The second-order valence-electron chi connectivity index (χ2n) is 7.79. The van der Waals surface area contributed by atoms with Gasteiger partial charge in [-0.25, -0.2) is 4.79 Å². The van der Waals surface area contributed by atoms with E-state index in [4.69, 9.17) is 0 Å². The quantitative estimate of drug-likeness (QED) is 0.669. The first-order valence-corrected chi connectivity index (χ1v) is 10.1. The number of hydrogen-bond acceptors (Lipinski definition) is 3. The molecule has 2 N–H and O–H groups in total. The van der Waals surface area contributed by atoms with Crippen molar-refractivity contribution < 1.29 is 4.79 Å². The zero-order chi connectivity index (χ0) is 17.2. The predicted octanol–water partition coefficient (Wildman–Crippen LogP) is 2.67. The largest absolute Gasteiger partial charge is 0.338 e. The number of unbranched alkanes of at least 4 members (excludes halogenated alkanes) is 1. The minimum Gasteiger partial charge on any atom is -0.338 e. The molecule has 1 unspecified atom stereocenters. The van der Waals surface area contributed by atoms with Gasteiger partial charge in [0.25, 0.3) is 0 Å². The molecule has 2 saturated heterocycles. The van der Waals surface area contributed by atoms with Crippen molar-refractivity contribution in [2.75, 3.05) is 45.8 Å². The van der Waals surface area contributed by atoms with Crippen LogP contribution in [0.2, 0.25) is 0 Å².